The molecule has 1 heteroatoms. The molecule has 0 unspecified atom stereocenters. The van der Waals surface area contributed by atoms with Crippen LogP contribution in [0, 0.1) is 0 Å². The molecule has 0 aliphatic carbocycles. The van der Waals surface area contributed by atoms with Gasteiger partial charge in [0.05, 0.1) is 0 Å². The number of allylic oxidation sites excluding steroid dienone is 2. The molecule has 80 valence electrons. The molecule has 0 aromatic heterocycles. The van der Waals surface area contributed by atoms with Gasteiger partial charge in [0.15, 0.2) is 0 Å². The first-order chi connectivity index (χ1) is 6.10. The normalized spacial score (nSPS) is 7.15. The van der Waals surface area contributed by atoms with Crippen LogP contribution in [0.25, 0.3) is 0 Å². The Morgan fingerprint density at radius 1 is 1.31 bits per heavy atom. The summed E-state index contributed by atoms with van der Waals surface area (Å²) in [6.45, 7) is 16.2. The van der Waals surface area contributed by atoms with Gasteiger partial charge in [0.2, 0.25) is 0 Å². The van der Waals surface area contributed by atoms with Crippen molar-refractivity contribution in [1.82, 2.24) is 0 Å². The van der Waals surface area contributed by atoms with Crippen molar-refractivity contribution < 1.29 is 0 Å². The van der Waals surface area contributed by atoms with Crippen LogP contribution < -0.4 is 5.73 Å². The van der Waals surface area contributed by atoms with E-state index in [1.165, 1.54) is 5.57 Å². The van der Waals surface area contributed by atoms with E-state index in [-0.39, 0.29) is 0 Å². The molecule has 0 rings (SSSR count). The van der Waals surface area contributed by atoms with E-state index < -0.39 is 0 Å². The van der Waals surface area contributed by atoms with Gasteiger partial charge in [-0.3, -0.25) is 0 Å². The molecule has 0 fully saturated rings. The van der Waals surface area contributed by atoms with E-state index in [1.807, 2.05) is 13.0 Å². The van der Waals surface area contributed by atoms with E-state index in [1.54, 1.807) is 0 Å². The highest BCUT2D eigenvalue weighted by Crippen LogP contribution is 1.88. The van der Waals surface area contributed by atoms with Crippen molar-refractivity contribution in [3.05, 3.63) is 24.8 Å². The molecule has 0 spiro atoms. The maximum atomic E-state index is 5.03. The smallest absolute Gasteiger partial charge is 0.00799 e. The first-order valence-electron chi connectivity index (χ1n) is 5.05. The lowest BCUT2D eigenvalue weighted by Crippen LogP contribution is -1.93. The lowest BCUT2D eigenvalue weighted by Gasteiger charge is -1.79. The largest absolute Gasteiger partial charge is 0.330 e. The Balaban J connectivity index is -0.000000117. The summed E-state index contributed by atoms with van der Waals surface area (Å²) in [5, 5.41) is 0. The number of rotatable bonds is 3. The second-order valence-electron chi connectivity index (χ2n) is 2.80. The highest BCUT2D eigenvalue weighted by molar-refractivity contribution is 4.84. The molecule has 0 saturated heterocycles. The molecule has 0 aliphatic rings. The van der Waals surface area contributed by atoms with Gasteiger partial charge >= 0.3 is 0 Å². The zero-order valence-electron chi connectivity index (χ0n) is 9.90. The topological polar surface area (TPSA) is 26.0 Å². The summed E-state index contributed by atoms with van der Waals surface area (Å²) in [6.07, 6.45) is 5.17. The summed E-state index contributed by atoms with van der Waals surface area (Å²) in [5.41, 5.74) is 6.28. The molecule has 2 N–H and O–H groups in total. The summed E-state index contributed by atoms with van der Waals surface area (Å²) >= 11 is 0. The summed E-state index contributed by atoms with van der Waals surface area (Å²) < 4.78 is 0. The number of hydrogen-bond acceptors (Lipinski definition) is 1. The molecule has 0 heterocycles. The van der Waals surface area contributed by atoms with Gasteiger partial charge in [0, 0.05) is 0 Å². The maximum absolute atomic E-state index is 5.03. The van der Waals surface area contributed by atoms with E-state index in [9.17, 15) is 0 Å². The van der Waals surface area contributed by atoms with Crippen LogP contribution in [0.1, 0.15) is 47.0 Å². The van der Waals surface area contributed by atoms with Crippen LogP contribution in [0.3, 0.4) is 0 Å². The summed E-state index contributed by atoms with van der Waals surface area (Å²) in [4.78, 5) is 0. The van der Waals surface area contributed by atoms with Gasteiger partial charge in [-0.25, -0.2) is 0 Å². The average molecular weight is 185 g/mol. The molecular weight excluding hydrogens is 158 g/mol. The monoisotopic (exact) mass is 185 g/mol. The molecule has 0 bridgehead atoms. The Hall–Kier alpha value is -0.560. The van der Waals surface area contributed by atoms with Crippen LogP contribution in [0.2, 0.25) is 0 Å². The van der Waals surface area contributed by atoms with Gasteiger partial charge in [0.1, 0.15) is 0 Å². The second-order valence-corrected chi connectivity index (χ2v) is 2.80. The number of hydrogen-bond donors (Lipinski definition) is 1. The summed E-state index contributed by atoms with van der Waals surface area (Å²) in [6, 6.07) is 0. The highest BCUT2D eigenvalue weighted by atomic mass is 14.5. The standard InChI is InChI=1S/C5H10.C4H8.C3H9N/c1-4-5(2)3;1-3-4-2;1-2-3-4/h2,4H2,1,3H3;3H,1,4H2,2H3;2-4H2,1H3. The van der Waals surface area contributed by atoms with Crippen molar-refractivity contribution in [2.45, 2.75) is 47.0 Å². The molecule has 0 radical (unpaired) electrons. The quantitative estimate of drug-likeness (QED) is 0.663. The molecule has 0 aromatic carbocycles. The van der Waals surface area contributed by atoms with Gasteiger partial charge in [-0.05, 0) is 32.7 Å². The summed E-state index contributed by atoms with van der Waals surface area (Å²) in [7, 11) is 0. The van der Waals surface area contributed by atoms with E-state index in [2.05, 4.69) is 33.9 Å². The highest BCUT2D eigenvalue weighted by Gasteiger charge is 1.67. The molecule has 1 nitrogen and oxygen atoms in total. The predicted molar refractivity (Wildman–Crippen MR) is 64.9 cm³/mol. The Labute approximate surface area is 84.7 Å². The Bertz CT molecular complexity index is 93.3. The summed E-state index contributed by atoms with van der Waals surface area (Å²) in [5.74, 6) is 0. The predicted octanol–water partition coefficient (Wildman–Crippen LogP) is 3.91. The minimum atomic E-state index is 0.819. The van der Waals surface area contributed by atoms with Gasteiger partial charge in [-0.15, -0.1) is 13.2 Å². The van der Waals surface area contributed by atoms with E-state index >= 15 is 0 Å². The minimum Gasteiger partial charge on any atom is -0.330 e. The molecule has 0 aromatic rings. The van der Waals surface area contributed by atoms with Crippen molar-refractivity contribution in [1.29, 1.82) is 0 Å². The fourth-order valence-corrected chi connectivity index (χ4v) is 0. The Morgan fingerprint density at radius 2 is 1.54 bits per heavy atom. The van der Waals surface area contributed by atoms with Crippen LogP contribution in [-0.2, 0) is 0 Å². The van der Waals surface area contributed by atoms with Crippen LogP contribution in [0.5, 0.6) is 0 Å². The molecule has 0 aliphatic heterocycles. The fourth-order valence-electron chi connectivity index (χ4n) is 0. The van der Waals surface area contributed by atoms with E-state index in [0.29, 0.717) is 0 Å². The van der Waals surface area contributed by atoms with E-state index in [0.717, 1.165) is 25.8 Å². The average Bonchev–Trinajstić information content (AvgIpc) is 2.18. The SMILES string of the molecule is C=C(C)CC.C=CCC.CCCN. The fraction of sp³-hybridized carbons (Fsp3) is 0.667. The lowest BCUT2D eigenvalue weighted by atomic mass is 10.3. The van der Waals surface area contributed by atoms with Crippen molar-refractivity contribution >= 4 is 0 Å². The third-order valence-electron chi connectivity index (χ3n) is 1.18. The first-order valence-corrected chi connectivity index (χ1v) is 5.05. The molecule has 0 saturated carbocycles. The molecule has 13 heavy (non-hydrogen) atoms. The van der Waals surface area contributed by atoms with Crippen molar-refractivity contribution in [3.8, 4) is 0 Å². The number of nitrogens with two attached hydrogens (primary N) is 1. The lowest BCUT2D eigenvalue weighted by molar-refractivity contribution is 0.932. The third-order valence-corrected chi connectivity index (χ3v) is 1.18. The van der Waals surface area contributed by atoms with E-state index in [4.69, 9.17) is 5.73 Å². The Kier molecular flexibility index (Phi) is 31.7. The minimum absolute atomic E-state index is 0.819. The second kappa shape index (κ2) is 22.5. The van der Waals surface area contributed by atoms with Crippen molar-refractivity contribution in [2.24, 2.45) is 5.73 Å². The van der Waals surface area contributed by atoms with Crippen LogP contribution in [-0.4, -0.2) is 6.54 Å². The van der Waals surface area contributed by atoms with Crippen LogP contribution >= 0.6 is 0 Å². The van der Waals surface area contributed by atoms with Crippen LogP contribution in [0.4, 0.5) is 0 Å². The van der Waals surface area contributed by atoms with Gasteiger partial charge in [-0.1, -0.05) is 32.4 Å². The zero-order chi connectivity index (χ0) is 11.1. The third kappa shape index (κ3) is 86.1. The molecular formula is C12H27N. The van der Waals surface area contributed by atoms with Gasteiger partial charge in [0.25, 0.3) is 0 Å². The van der Waals surface area contributed by atoms with Gasteiger partial charge in [-0.2, -0.15) is 0 Å². The van der Waals surface area contributed by atoms with Crippen LogP contribution in [0.15, 0.2) is 24.8 Å². The molecule has 0 amide bonds. The molecule has 0 atom stereocenters. The van der Waals surface area contributed by atoms with Crippen molar-refractivity contribution in [2.75, 3.05) is 6.54 Å². The Morgan fingerprint density at radius 3 is 1.54 bits per heavy atom. The van der Waals surface area contributed by atoms with Gasteiger partial charge < -0.3 is 5.73 Å². The van der Waals surface area contributed by atoms with Crippen molar-refractivity contribution in [3.63, 3.8) is 0 Å². The first kappa shape index (κ1) is 18.3. The zero-order valence-corrected chi connectivity index (χ0v) is 9.90. The maximum Gasteiger partial charge on any atom is -0.00799 e.